The fraction of sp³-hybridized carbons (Fsp3) is 0.455. The highest BCUT2D eigenvalue weighted by Crippen LogP contribution is 2.18. The van der Waals surface area contributed by atoms with Crippen LogP contribution in [0.1, 0.15) is 26.0 Å². The molecule has 4 nitrogen and oxygen atoms in total. The van der Waals surface area contributed by atoms with Crippen molar-refractivity contribution in [2.45, 2.75) is 32.7 Å². The van der Waals surface area contributed by atoms with E-state index in [0.717, 1.165) is 10.3 Å². The summed E-state index contributed by atoms with van der Waals surface area (Å²) in [4.78, 5) is 16.0. The van der Waals surface area contributed by atoms with Gasteiger partial charge in [-0.2, -0.15) is 0 Å². The molecule has 88 valence electrons. The number of hydrogen-bond acceptors (Lipinski definition) is 3. The first-order valence-corrected chi connectivity index (χ1v) is 5.89. The van der Waals surface area contributed by atoms with E-state index in [4.69, 9.17) is 5.73 Å². The van der Waals surface area contributed by atoms with Crippen LogP contribution in [0.5, 0.6) is 0 Å². The molecule has 0 spiro atoms. The number of nitrogens with zero attached hydrogens (tertiary/aromatic N) is 1. The fourth-order valence-corrected chi connectivity index (χ4v) is 1.49. The lowest BCUT2D eigenvalue weighted by atomic mass is 9.99. The van der Waals surface area contributed by atoms with Crippen molar-refractivity contribution in [1.29, 1.82) is 0 Å². The molecule has 1 amide bonds. The van der Waals surface area contributed by atoms with Gasteiger partial charge in [0, 0.05) is 0 Å². The van der Waals surface area contributed by atoms with E-state index in [0.29, 0.717) is 12.1 Å². The van der Waals surface area contributed by atoms with E-state index in [2.05, 4.69) is 26.2 Å². The maximum atomic E-state index is 11.8. The maximum Gasteiger partial charge on any atom is 0.244 e. The summed E-state index contributed by atoms with van der Waals surface area (Å²) in [5, 5.41) is 2.78. The van der Waals surface area contributed by atoms with Gasteiger partial charge in [0.25, 0.3) is 0 Å². The van der Waals surface area contributed by atoms with E-state index in [1.807, 2.05) is 13.8 Å². The Morgan fingerprint density at radius 1 is 1.62 bits per heavy atom. The van der Waals surface area contributed by atoms with Crippen molar-refractivity contribution in [2.75, 3.05) is 5.32 Å². The van der Waals surface area contributed by atoms with E-state index in [-0.39, 0.29) is 5.91 Å². The number of nitrogens with two attached hydrogens (primary N) is 1. The normalized spacial score (nSPS) is 14.3. The molecule has 16 heavy (non-hydrogen) atoms. The molecule has 1 heterocycles. The zero-order valence-electron chi connectivity index (χ0n) is 9.67. The van der Waals surface area contributed by atoms with Gasteiger partial charge < -0.3 is 11.1 Å². The van der Waals surface area contributed by atoms with Crippen LogP contribution in [0.2, 0.25) is 0 Å². The zero-order chi connectivity index (χ0) is 12.3. The lowest BCUT2D eigenvalue weighted by Gasteiger charge is -2.21. The summed E-state index contributed by atoms with van der Waals surface area (Å²) in [5.41, 5.74) is 6.45. The van der Waals surface area contributed by atoms with Gasteiger partial charge >= 0.3 is 0 Å². The monoisotopic (exact) mass is 285 g/mol. The largest absolute Gasteiger partial charge is 0.323 e. The Morgan fingerprint density at radius 2 is 2.25 bits per heavy atom. The van der Waals surface area contributed by atoms with Crippen LogP contribution in [0.25, 0.3) is 0 Å². The van der Waals surface area contributed by atoms with Crippen LogP contribution >= 0.6 is 15.9 Å². The number of aryl methyl sites for hydroxylation is 1. The van der Waals surface area contributed by atoms with E-state index in [1.165, 1.54) is 0 Å². The standard InChI is InChI=1S/C11H16BrN3O/c1-4-11(3,13)10(16)15-8-5-6-9(12)14-7(8)2/h5-6H,4,13H2,1-3H3,(H,15,16). The average molecular weight is 286 g/mol. The Labute approximate surface area is 104 Å². The first-order valence-electron chi connectivity index (χ1n) is 5.10. The molecule has 1 unspecified atom stereocenters. The number of hydrogen-bond donors (Lipinski definition) is 2. The highest BCUT2D eigenvalue weighted by atomic mass is 79.9. The molecule has 1 aromatic heterocycles. The predicted octanol–water partition coefficient (Wildman–Crippen LogP) is 2.22. The first-order chi connectivity index (χ1) is 7.36. The van der Waals surface area contributed by atoms with Crippen LogP contribution in [-0.4, -0.2) is 16.4 Å². The van der Waals surface area contributed by atoms with Crippen molar-refractivity contribution in [1.82, 2.24) is 4.98 Å². The van der Waals surface area contributed by atoms with Crippen LogP contribution in [0, 0.1) is 6.92 Å². The third-order valence-corrected chi connectivity index (χ3v) is 2.99. The molecule has 0 saturated heterocycles. The van der Waals surface area contributed by atoms with Gasteiger partial charge in [0.15, 0.2) is 0 Å². The van der Waals surface area contributed by atoms with E-state index in [9.17, 15) is 4.79 Å². The molecule has 0 aliphatic rings. The van der Waals surface area contributed by atoms with E-state index < -0.39 is 5.54 Å². The zero-order valence-corrected chi connectivity index (χ0v) is 11.3. The Hall–Kier alpha value is -0.940. The molecular weight excluding hydrogens is 270 g/mol. The van der Waals surface area contributed by atoms with Gasteiger partial charge in [-0.25, -0.2) is 4.98 Å². The van der Waals surface area contributed by atoms with Gasteiger partial charge in [0.1, 0.15) is 4.60 Å². The summed E-state index contributed by atoms with van der Waals surface area (Å²) in [5.74, 6) is -0.192. The molecule has 5 heteroatoms. The molecule has 0 saturated carbocycles. The van der Waals surface area contributed by atoms with Gasteiger partial charge in [-0.05, 0) is 48.3 Å². The van der Waals surface area contributed by atoms with Gasteiger partial charge in [0.2, 0.25) is 5.91 Å². The summed E-state index contributed by atoms with van der Waals surface area (Å²) < 4.78 is 0.744. The predicted molar refractivity (Wildman–Crippen MR) is 68.2 cm³/mol. The van der Waals surface area contributed by atoms with Crippen LogP contribution in [0.4, 0.5) is 5.69 Å². The van der Waals surface area contributed by atoms with E-state index >= 15 is 0 Å². The average Bonchev–Trinajstić information content (AvgIpc) is 2.22. The molecular formula is C11H16BrN3O. The summed E-state index contributed by atoms with van der Waals surface area (Å²) in [6.45, 7) is 5.43. The van der Waals surface area contributed by atoms with Gasteiger partial charge in [-0.1, -0.05) is 6.92 Å². The van der Waals surface area contributed by atoms with Crippen molar-refractivity contribution in [3.8, 4) is 0 Å². The van der Waals surface area contributed by atoms with Crippen LogP contribution in [-0.2, 0) is 4.79 Å². The van der Waals surface area contributed by atoms with Gasteiger partial charge in [-0.15, -0.1) is 0 Å². The molecule has 0 aromatic carbocycles. The number of anilines is 1. The number of carbonyl (C=O) groups is 1. The van der Waals surface area contributed by atoms with Crippen LogP contribution in [0.3, 0.4) is 0 Å². The molecule has 0 aliphatic heterocycles. The second kappa shape index (κ2) is 4.93. The minimum Gasteiger partial charge on any atom is -0.323 e. The van der Waals surface area contributed by atoms with Crippen molar-refractivity contribution in [3.63, 3.8) is 0 Å². The Morgan fingerprint density at radius 3 is 2.75 bits per heavy atom. The topological polar surface area (TPSA) is 68.0 Å². The first kappa shape index (κ1) is 13.1. The molecule has 1 aromatic rings. The van der Waals surface area contributed by atoms with Crippen LogP contribution < -0.4 is 11.1 Å². The molecule has 0 bridgehead atoms. The number of carbonyl (C=O) groups excluding carboxylic acids is 1. The highest BCUT2D eigenvalue weighted by Gasteiger charge is 2.26. The highest BCUT2D eigenvalue weighted by molar-refractivity contribution is 9.10. The number of aromatic nitrogens is 1. The summed E-state index contributed by atoms with van der Waals surface area (Å²) in [6.07, 6.45) is 0.585. The van der Waals surface area contributed by atoms with E-state index in [1.54, 1.807) is 19.1 Å². The third kappa shape index (κ3) is 3.02. The number of pyridine rings is 1. The quantitative estimate of drug-likeness (QED) is 0.837. The SMILES string of the molecule is CCC(C)(N)C(=O)Nc1ccc(Br)nc1C. The molecule has 1 rings (SSSR count). The molecule has 3 N–H and O–H groups in total. The molecule has 0 radical (unpaired) electrons. The second-order valence-electron chi connectivity index (χ2n) is 3.99. The Bertz CT molecular complexity index is 404. The fourth-order valence-electron chi connectivity index (χ4n) is 1.09. The number of nitrogens with one attached hydrogen (secondary N) is 1. The van der Waals surface area contributed by atoms with Crippen molar-refractivity contribution < 1.29 is 4.79 Å². The summed E-state index contributed by atoms with van der Waals surface area (Å²) in [7, 11) is 0. The lowest BCUT2D eigenvalue weighted by molar-refractivity contribution is -0.120. The number of halogens is 1. The smallest absolute Gasteiger partial charge is 0.244 e. The van der Waals surface area contributed by atoms with Crippen molar-refractivity contribution in [2.24, 2.45) is 5.73 Å². The maximum absolute atomic E-state index is 11.8. The molecule has 0 aliphatic carbocycles. The third-order valence-electron chi connectivity index (χ3n) is 2.55. The molecule has 1 atom stereocenters. The van der Waals surface area contributed by atoms with Crippen molar-refractivity contribution >= 4 is 27.5 Å². The lowest BCUT2D eigenvalue weighted by Crippen LogP contribution is -2.47. The minimum absolute atomic E-state index is 0.192. The second-order valence-corrected chi connectivity index (χ2v) is 4.80. The Kier molecular flexibility index (Phi) is 4.04. The summed E-state index contributed by atoms with van der Waals surface area (Å²) in [6, 6.07) is 3.58. The van der Waals surface area contributed by atoms with Gasteiger partial charge in [0.05, 0.1) is 16.9 Å². The van der Waals surface area contributed by atoms with Crippen molar-refractivity contribution in [3.05, 3.63) is 22.4 Å². The molecule has 0 fully saturated rings. The Balaban J connectivity index is 2.85. The number of rotatable bonds is 3. The number of amides is 1. The summed E-state index contributed by atoms with van der Waals surface area (Å²) >= 11 is 3.27. The van der Waals surface area contributed by atoms with Crippen LogP contribution in [0.15, 0.2) is 16.7 Å². The van der Waals surface area contributed by atoms with Gasteiger partial charge in [-0.3, -0.25) is 4.79 Å². The minimum atomic E-state index is -0.848.